The quantitative estimate of drug-likeness (QED) is 0.493. The molecule has 0 spiro atoms. The molecule has 0 aliphatic carbocycles. The van der Waals surface area contributed by atoms with Gasteiger partial charge in [-0.2, -0.15) is 5.10 Å². The van der Waals surface area contributed by atoms with E-state index in [1.54, 1.807) is 13.3 Å². The zero-order valence-electron chi connectivity index (χ0n) is 12.4. The van der Waals surface area contributed by atoms with Gasteiger partial charge >= 0.3 is 0 Å². The largest absolute Gasteiger partial charge is 0.496 e. The van der Waals surface area contributed by atoms with E-state index in [0.717, 1.165) is 32.2 Å². The second-order valence-electron chi connectivity index (χ2n) is 4.66. The molecule has 0 saturated carbocycles. The van der Waals surface area contributed by atoms with E-state index in [9.17, 15) is 0 Å². The molecule has 0 aliphatic rings. The molecule has 3 rings (SSSR count). The van der Waals surface area contributed by atoms with Gasteiger partial charge in [0.2, 0.25) is 5.13 Å². The number of aromatic nitrogens is 1. The first-order valence-electron chi connectivity index (χ1n) is 6.90. The molecule has 0 saturated heterocycles. The molecule has 116 valence electrons. The Morgan fingerprint density at radius 2 is 2.04 bits per heavy atom. The highest BCUT2D eigenvalue weighted by Crippen LogP contribution is 2.25. The fraction of sp³-hybridized carbons (Fsp3) is 0.0588. The van der Waals surface area contributed by atoms with E-state index in [2.05, 4.69) is 31.4 Å². The summed E-state index contributed by atoms with van der Waals surface area (Å²) in [4.78, 5) is 4.52. The van der Waals surface area contributed by atoms with Crippen molar-refractivity contribution in [1.29, 1.82) is 0 Å². The van der Waals surface area contributed by atoms with Crippen LogP contribution >= 0.6 is 27.3 Å². The molecule has 0 unspecified atom stereocenters. The number of ether oxygens (including phenoxy) is 1. The van der Waals surface area contributed by atoms with Crippen molar-refractivity contribution in [3.05, 3.63) is 63.9 Å². The van der Waals surface area contributed by atoms with E-state index < -0.39 is 0 Å². The summed E-state index contributed by atoms with van der Waals surface area (Å²) in [7, 11) is 1.64. The molecule has 0 aliphatic heterocycles. The number of benzene rings is 2. The smallest absolute Gasteiger partial charge is 0.203 e. The van der Waals surface area contributed by atoms with Gasteiger partial charge in [-0.3, -0.25) is 5.43 Å². The SMILES string of the molecule is COc1ccc(Br)cc1/C=N/Nc1nc(-c2ccccc2)cs1. The Labute approximate surface area is 147 Å². The van der Waals surface area contributed by atoms with Crippen LogP contribution < -0.4 is 10.2 Å². The zero-order chi connectivity index (χ0) is 16.1. The van der Waals surface area contributed by atoms with E-state index in [1.807, 2.05) is 53.9 Å². The van der Waals surface area contributed by atoms with Crippen LogP contribution in [-0.2, 0) is 0 Å². The number of hydrazone groups is 1. The van der Waals surface area contributed by atoms with Gasteiger partial charge in [0.15, 0.2) is 0 Å². The summed E-state index contributed by atoms with van der Waals surface area (Å²) < 4.78 is 6.28. The van der Waals surface area contributed by atoms with Crippen molar-refractivity contribution in [2.24, 2.45) is 5.10 Å². The average molecular weight is 388 g/mol. The summed E-state index contributed by atoms with van der Waals surface area (Å²) in [5.74, 6) is 0.767. The Morgan fingerprint density at radius 3 is 2.83 bits per heavy atom. The molecule has 0 amide bonds. The fourth-order valence-corrected chi connectivity index (χ4v) is 3.08. The van der Waals surface area contributed by atoms with Crippen LogP contribution in [0.25, 0.3) is 11.3 Å². The maximum absolute atomic E-state index is 5.31. The van der Waals surface area contributed by atoms with Gasteiger partial charge in [0.25, 0.3) is 0 Å². The molecule has 3 aromatic rings. The summed E-state index contributed by atoms with van der Waals surface area (Å²) in [5.41, 5.74) is 5.87. The topological polar surface area (TPSA) is 46.5 Å². The Bertz CT molecular complexity index is 818. The van der Waals surface area contributed by atoms with E-state index in [1.165, 1.54) is 11.3 Å². The maximum Gasteiger partial charge on any atom is 0.203 e. The van der Waals surface area contributed by atoms with Crippen LogP contribution in [0.5, 0.6) is 5.75 Å². The molecule has 1 N–H and O–H groups in total. The summed E-state index contributed by atoms with van der Waals surface area (Å²) >= 11 is 4.96. The molecule has 4 nitrogen and oxygen atoms in total. The number of hydrogen-bond donors (Lipinski definition) is 1. The number of nitrogens with zero attached hydrogens (tertiary/aromatic N) is 2. The van der Waals surface area contributed by atoms with Crippen molar-refractivity contribution >= 4 is 38.6 Å². The highest BCUT2D eigenvalue weighted by atomic mass is 79.9. The number of thiazole rings is 1. The third kappa shape index (κ3) is 3.97. The van der Waals surface area contributed by atoms with Crippen molar-refractivity contribution in [3.8, 4) is 17.0 Å². The van der Waals surface area contributed by atoms with Crippen LogP contribution in [0, 0.1) is 0 Å². The van der Waals surface area contributed by atoms with Crippen LogP contribution in [0.3, 0.4) is 0 Å². The second-order valence-corrected chi connectivity index (χ2v) is 6.43. The molecule has 2 aromatic carbocycles. The highest BCUT2D eigenvalue weighted by molar-refractivity contribution is 9.10. The number of methoxy groups -OCH3 is 1. The Kier molecular flexibility index (Phi) is 5.05. The average Bonchev–Trinajstić information content (AvgIpc) is 3.05. The van der Waals surface area contributed by atoms with Gasteiger partial charge < -0.3 is 4.74 Å². The summed E-state index contributed by atoms with van der Waals surface area (Å²) in [6.45, 7) is 0. The molecule has 6 heteroatoms. The van der Waals surface area contributed by atoms with Crippen LogP contribution in [0.2, 0.25) is 0 Å². The lowest BCUT2D eigenvalue weighted by molar-refractivity contribution is 0.414. The first kappa shape index (κ1) is 15.7. The van der Waals surface area contributed by atoms with E-state index >= 15 is 0 Å². The van der Waals surface area contributed by atoms with Crippen molar-refractivity contribution in [2.75, 3.05) is 12.5 Å². The molecule has 1 aromatic heterocycles. The minimum absolute atomic E-state index is 0.745. The lowest BCUT2D eigenvalue weighted by atomic mass is 10.2. The first-order chi connectivity index (χ1) is 11.3. The first-order valence-corrected chi connectivity index (χ1v) is 8.57. The Hall–Kier alpha value is -2.18. The highest BCUT2D eigenvalue weighted by Gasteiger charge is 2.04. The summed E-state index contributed by atoms with van der Waals surface area (Å²) in [5, 5.41) is 6.99. The monoisotopic (exact) mass is 387 g/mol. The van der Waals surface area contributed by atoms with Gasteiger partial charge in [0.05, 0.1) is 19.0 Å². The zero-order valence-corrected chi connectivity index (χ0v) is 14.8. The number of hydrogen-bond acceptors (Lipinski definition) is 5. The van der Waals surface area contributed by atoms with Crippen LogP contribution in [-0.4, -0.2) is 18.3 Å². The van der Waals surface area contributed by atoms with Crippen molar-refractivity contribution in [2.45, 2.75) is 0 Å². The van der Waals surface area contributed by atoms with Gasteiger partial charge in [0, 0.05) is 21.0 Å². The van der Waals surface area contributed by atoms with Crippen LogP contribution in [0.1, 0.15) is 5.56 Å². The van der Waals surface area contributed by atoms with Crippen molar-refractivity contribution in [3.63, 3.8) is 0 Å². The maximum atomic E-state index is 5.31. The number of nitrogens with one attached hydrogen (secondary N) is 1. The van der Waals surface area contributed by atoms with Crippen LogP contribution in [0.15, 0.2) is 63.5 Å². The van der Waals surface area contributed by atoms with E-state index in [0.29, 0.717) is 0 Å². The number of halogens is 1. The molecule has 0 atom stereocenters. The molecule has 0 fully saturated rings. The third-order valence-corrected chi connectivity index (χ3v) is 4.37. The lowest BCUT2D eigenvalue weighted by Gasteiger charge is -2.04. The minimum atomic E-state index is 0.745. The number of rotatable bonds is 5. The minimum Gasteiger partial charge on any atom is -0.496 e. The fourth-order valence-electron chi connectivity index (χ4n) is 2.03. The van der Waals surface area contributed by atoms with Gasteiger partial charge in [0.1, 0.15) is 5.75 Å². The lowest BCUT2D eigenvalue weighted by Crippen LogP contribution is -1.94. The third-order valence-electron chi connectivity index (χ3n) is 3.13. The summed E-state index contributed by atoms with van der Waals surface area (Å²) in [6, 6.07) is 15.8. The Morgan fingerprint density at radius 1 is 1.22 bits per heavy atom. The number of anilines is 1. The standard InChI is InChI=1S/C17H14BrN3OS/c1-22-16-8-7-14(18)9-13(16)10-19-21-17-20-15(11-23-17)12-5-3-2-4-6-12/h2-11H,1H3,(H,20,21)/b19-10+. The van der Waals surface area contributed by atoms with Gasteiger partial charge in [-0.05, 0) is 18.2 Å². The predicted molar refractivity (Wildman–Crippen MR) is 99.5 cm³/mol. The molecule has 1 heterocycles. The van der Waals surface area contributed by atoms with Crippen molar-refractivity contribution in [1.82, 2.24) is 4.98 Å². The van der Waals surface area contributed by atoms with E-state index in [-0.39, 0.29) is 0 Å². The molecular weight excluding hydrogens is 374 g/mol. The van der Waals surface area contributed by atoms with Gasteiger partial charge in [-0.1, -0.05) is 46.3 Å². The Balaban J connectivity index is 1.72. The predicted octanol–water partition coefficient (Wildman–Crippen LogP) is 5.03. The van der Waals surface area contributed by atoms with Crippen LogP contribution in [0.4, 0.5) is 5.13 Å². The molecular formula is C17H14BrN3OS. The van der Waals surface area contributed by atoms with E-state index in [4.69, 9.17) is 4.74 Å². The van der Waals surface area contributed by atoms with Gasteiger partial charge in [-0.25, -0.2) is 4.98 Å². The molecule has 0 radical (unpaired) electrons. The molecule has 0 bridgehead atoms. The van der Waals surface area contributed by atoms with Gasteiger partial charge in [-0.15, -0.1) is 11.3 Å². The van der Waals surface area contributed by atoms with Crippen molar-refractivity contribution < 1.29 is 4.74 Å². The molecule has 23 heavy (non-hydrogen) atoms. The summed E-state index contributed by atoms with van der Waals surface area (Å²) in [6.07, 6.45) is 1.72. The second kappa shape index (κ2) is 7.39. The normalized spacial score (nSPS) is 10.9.